The monoisotopic (exact) mass is 382 g/mol. The highest BCUT2D eigenvalue weighted by Gasteiger charge is 2.24. The van der Waals surface area contributed by atoms with Gasteiger partial charge in [0, 0.05) is 31.5 Å². The van der Waals surface area contributed by atoms with E-state index in [9.17, 15) is 4.79 Å². The van der Waals surface area contributed by atoms with Crippen molar-refractivity contribution in [2.24, 2.45) is 0 Å². The molecule has 0 radical (unpaired) electrons. The minimum absolute atomic E-state index is 0.0957. The van der Waals surface area contributed by atoms with E-state index < -0.39 is 0 Å². The summed E-state index contributed by atoms with van der Waals surface area (Å²) in [5.41, 5.74) is 3.40. The summed E-state index contributed by atoms with van der Waals surface area (Å²) in [6, 6.07) is 15.5. The number of aromatic nitrogens is 1. The molecular formula is C21H22N2O3S. The van der Waals surface area contributed by atoms with Crippen molar-refractivity contribution in [1.82, 2.24) is 9.88 Å². The molecule has 0 unspecified atom stereocenters. The van der Waals surface area contributed by atoms with Crippen LogP contribution < -0.4 is 0 Å². The predicted octanol–water partition coefficient (Wildman–Crippen LogP) is 4.37. The zero-order valence-electron chi connectivity index (χ0n) is 15.3. The van der Waals surface area contributed by atoms with Crippen molar-refractivity contribution in [3.8, 4) is 0 Å². The molecular weight excluding hydrogens is 360 g/mol. The van der Waals surface area contributed by atoms with Crippen LogP contribution in [-0.2, 0) is 10.5 Å². The fourth-order valence-corrected chi connectivity index (χ4v) is 4.21. The number of carbonyl (C=O) groups is 1. The number of fused-ring (bicyclic) bond motifs is 1. The Morgan fingerprint density at radius 1 is 1.19 bits per heavy atom. The molecule has 27 heavy (non-hydrogen) atoms. The number of piperidine rings is 1. The van der Waals surface area contributed by atoms with Crippen LogP contribution in [0.15, 0.2) is 58.2 Å². The first-order valence-corrected chi connectivity index (χ1v) is 10.1. The van der Waals surface area contributed by atoms with E-state index in [2.05, 4.69) is 4.98 Å². The van der Waals surface area contributed by atoms with Crippen molar-refractivity contribution in [2.75, 3.05) is 20.2 Å². The summed E-state index contributed by atoms with van der Waals surface area (Å²) >= 11 is 1.51. The van der Waals surface area contributed by atoms with Crippen molar-refractivity contribution >= 4 is 28.8 Å². The molecule has 1 aliphatic heterocycles. The maximum Gasteiger partial charge on any atom is 0.257 e. The standard InChI is InChI=1S/C21H22N2O3S/c1-25-16-10-12-23(13-11-16)20(24)17-7-3-2-6-15(17)14-27-21-22-18-8-4-5-9-19(18)26-21/h2-9,16H,10-14H2,1H3. The highest BCUT2D eigenvalue weighted by Crippen LogP contribution is 2.28. The molecule has 1 saturated heterocycles. The molecule has 3 aromatic rings. The van der Waals surface area contributed by atoms with Crippen LogP contribution in [0.5, 0.6) is 0 Å². The van der Waals surface area contributed by atoms with E-state index >= 15 is 0 Å². The fraction of sp³-hybridized carbons (Fsp3) is 0.333. The molecule has 2 aromatic carbocycles. The first-order valence-electron chi connectivity index (χ1n) is 9.13. The van der Waals surface area contributed by atoms with Crippen LogP contribution in [0.3, 0.4) is 0 Å². The summed E-state index contributed by atoms with van der Waals surface area (Å²) in [5.74, 6) is 0.738. The first-order chi connectivity index (χ1) is 13.2. The van der Waals surface area contributed by atoms with Gasteiger partial charge >= 0.3 is 0 Å². The number of thioether (sulfide) groups is 1. The SMILES string of the molecule is COC1CCN(C(=O)c2ccccc2CSc2nc3ccccc3o2)CC1. The molecule has 6 heteroatoms. The third-order valence-electron chi connectivity index (χ3n) is 4.94. The van der Waals surface area contributed by atoms with Crippen molar-refractivity contribution < 1.29 is 13.9 Å². The van der Waals surface area contributed by atoms with Crippen LogP contribution in [0, 0.1) is 0 Å². The fourth-order valence-electron chi connectivity index (χ4n) is 3.37. The third-order valence-corrected chi connectivity index (χ3v) is 5.81. The highest BCUT2D eigenvalue weighted by atomic mass is 32.2. The first kappa shape index (κ1) is 18.1. The Morgan fingerprint density at radius 3 is 2.70 bits per heavy atom. The van der Waals surface area contributed by atoms with Crippen LogP contribution >= 0.6 is 11.8 Å². The normalized spacial score (nSPS) is 15.4. The van der Waals surface area contributed by atoms with Gasteiger partial charge in [-0.2, -0.15) is 0 Å². The van der Waals surface area contributed by atoms with Crippen LogP contribution in [0.1, 0.15) is 28.8 Å². The number of carbonyl (C=O) groups excluding carboxylic acids is 1. The van der Waals surface area contributed by atoms with Crippen LogP contribution in [0.4, 0.5) is 0 Å². The van der Waals surface area contributed by atoms with Gasteiger partial charge in [-0.1, -0.05) is 42.1 Å². The van der Waals surface area contributed by atoms with E-state index in [0.717, 1.165) is 48.2 Å². The van der Waals surface area contributed by atoms with Gasteiger partial charge < -0.3 is 14.1 Å². The second-order valence-corrected chi connectivity index (χ2v) is 7.55. The van der Waals surface area contributed by atoms with Gasteiger partial charge in [0.15, 0.2) is 5.58 Å². The maximum absolute atomic E-state index is 13.0. The van der Waals surface area contributed by atoms with Gasteiger partial charge in [-0.25, -0.2) is 4.98 Å². The van der Waals surface area contributed by atoms with Crippen molar-refractivity contribution in [3.05, 3.63) is 59.7 Å². The van der Waals surface area contributed by atoms with Crippen molar-refractivity contribution in [3.63, 3.8) is 0 Å². The lowest BCUT2D eigenvalue weighted by Gasteiger charge is -2.31. The summed E-state index contributed by atoms with van der Waals surface area (Å²) in [5, 5.41) is 0.624. The molecule has 0 saturated carbocycles. The Labute approximate surface area is 162 Å². The minimum Gasteiger partial charge on any atom is -0.431 e. The van der Waals surface area contributed by atoms with E-state index in [1.54, 1.807) is 7.11 Å². The van der Waals surface area contributed by atoms with Gasteiger partial charge in [0.25, 0.3) is 11.1 Å². The number of hydrogen-bond acceptors (Lipinski definition) is 5. The Hall–Kier alpha value is -2.31. The van der Waals surface area contributed by atoms with E-state index in [1.165, 1.54) is 11.8 Å². The number of rotatable bonds is 5. The number of benzene rings is 2. The zero-order valence-corrected chi connectivity index (χ0v) is 16.1. The van der Waals surface area contributed by atoms with Gasteiger partial charge in [0.1, 0.15) is 5.52 Å². The van der Waals surface area contributed by atoms with Gasteiger partial charge in [-0.05, 0) is 36.6 Å². The van der Waals surface area contributed by atoms with Gasteiger partial charge in [0.05, 0.1) is 6.10 Å². The molecule has 0 aliphatic carbocycles. The second-order valence-electron chi connectivity index (χ2n) is 6.62. The van der Waals surface area contributed by atoms with Gasteiger partial charge in [0.2, 0.25) is 0 Å². The quantitative estimate of drug-likeness (QED) is 0.613. The number of hydrogen-bond donors (Lipinski definition) is 0. The predicted molar refractivity (Wildman–Crippen MR) is 106 cm³/mol. The van der Waals surface area contributed by atoms with Crippen LogP contribution in [0.2, 0.25) is 0 Å². The number of oxazole rings is 1. The number of likely N-dealkylation sites (tertiary alicyclic amines) is 1. The molecule has 1 aromatic heterocycles. The van der Waals surface area contributed by atoms with Crippen LogP contribution in [0.25, 0.3) is 11.1 Å². The molecule has 1 aliphatic rings. The summed E-state index contributed by atoms with van der Waals surface area (Å²) in [6.45, 7) is 1.48. The van der Waals surface area contributed by atoms with E-state index in [4.69, 9.17) is 9.15 Å². The molecule has 1 fully saturated rings. The maximum atomic E-state index is 13.0. The molecule has 5 nitrogen and oxygen atoms in total. The lowest BCUT2D eigenvalue weighted by molar-refractivity contribution is 0.0350. The lowest BCUT2D eigenvalue weighted by Crippen LogP contribution is -2.40. The molecule has 2 heterocycles. The molecule has 140 valence electrons. The van der Waals surface area contributed by atoms with E-state index in [0.29, 0.717) is 11.0 Å². The minimum atomic E-state index is 0.0957. The Kier molecular flexibility index (Phi) is 5.45. The average Bonchev–Trinajstić information content (AvgIpc) is 3.15. The number of methoxy groups -OCH3 is 1. The summed E-state index contributed by atoms with van der Waals surface area (Å²) < 4.78 is 11.2. The van der Waals surface area contributed by atoms with Gasteiger partial charge in [-0.3, -0.25) is 4.79 Å². The number of amides is 1. The van der Waals surface area contributed by atoms with Crippen LogP contribution in [-0.4, -0.2) is 42.1 Å². The summed E-state index contributed by atoms with van der Waals surface area (Å²) in [6.07, 6.45) is 2.04. The Morgan fingerprint density at radius 2 is 1.93 bits per heavy atom. The highest BCUT2D eigenvalue weighted by molar-refractivity contribution is 7.98. The van der Waals surface area contributed by atoms with E-state index in [1.807, 2.05) is 53.4 Å². The summed E-state index contributed by atoms with van der Waals surface area (Å²) in [7, 11) is 1.74. The van der Waals surface area contributed by atoms with Crippen molar-refractivity contribution in [1.29, 1.82) is 0 Å². The number of para-hydroxylation sites is 2. The number of ether oxygens (including phenoxy) is 1. The van der Waals surface area contributed by atoms with Gasteiger partial charge in [-0.15, -0.1) is 0 Å². The lowest BCUT2D eigenvalue weighted by atomic mass is 10.0. The average molecular weight is 382 g/mol. The van der Waals surface area contributed by atoms with E-state index in [-0.39, 0.29) is 12.0 Å². The smallest absolute Gasteiger partial charge is 0.257 e. The molecule has 0 atom stereocenters. The Balaban J connectivity index is 1.46. The second kappa shape index (κ2) is 8.15. The molecule has 4 rings (SSSR count). The molecule has 0 bridgehead atoms. The molecule has 0 spiro atoms. The molecule has 0 N–H and O–H groups in total. The molecule has 1 amide bonds. The Bertz CT molecular complexity index is 899. The van der Waals surface area contributed by atoms with Crippen molar-refractivity contribution in [2.45, 2.75) is 29.9 Å². The number of nitrogens with zero attached hydrogens (tertiary/aromatic N) is 2. The third kappa shape index (κ3) is 4.01. The summed E-state index contributed by atoms with van der Waals surface area (Å²) in [4.78, 5) is 19.4. The topological polar surface area (TPSA) is 55.6 Å². The zero-order chi connectivity index (χ0) is 18.6. The largest absolute Gasteiger partial charge is 0.431 e.